The number of halogens is 1. The van der Waals surface area contributed by atoms with E-state index in [9.17, 15) is 22.4 Å². The maximum atomic E-state index is 13.7. The summed E-state index contributed by atoms with van der Waals surface area (Å²) < 4.78 is 44.7. The summed E-state index contributed by atoms with van der Waals surface area (Å²) in [7, 11) is -2.31. The highest BCUT2D eigenvalue weighted by molar-refractivity contribution is 7.92. The Morgan fingerprint density at radius 3 is 2.22 bits per heavy atom. The maximum absolute atomic E-state index is 13.7. The molecule has 0 aromatic heterocycles. The van der Waals surface area contributed by atoms with Gasteiger partial charge in [0.2, 0.25) is 21.8 Å². The van der Waals surface area contributed by atoms with E-state index in [0.717, 1.165) is 53.9 Å². The van der Waals surface area contributed by atoms with Gasteiger partial charge in [-0.05, 0) is 61.2 Å². The molecule has 2 amide bonds. The summed E-state index contributed by atoms with van der Waals surface area (Å²) in [6, 6.07) is 11.3. The molecular weight excluding hydrogens is 485 g/mol. The van der Waals surface area contributed by atoms with Gasteiger partial charge < -0.3 is 15.0 Å². The fraction of sp³-hybridized carbons (Fsp3) is 0.462. The van der Waals surface area contributed by atoms with E-state index in [1.54, 1.807) is 31.4 Å². The highest BCUT2D eigenvalue weighted by atomic mass is 32.2. The smallest absolute Gasteiger partial charge is 0.244 e. The number of hydrogen-bond acceptors (Lipinski definition) is 5. The van der Waals surface area contributed by atoms with Gasteiger partial charge in [0.1, 0.15) is 24.2 Å². The second-order valence-corrected chi connectivity index (χ2v) is 10.9. The molecule has 0 radical (unpaired) electrons. The molecule has 1 aliphatic carbocycles. The van der Waals surface area contributed by atoms with Crippen LogP contribution in [0.1, 0.15) is 44.6 Å². The first-order chi connectivity index (χ1) is 17.1. The summed E-state index contributed by atoms with van der Waals surface area (Å²) >= 11 is 0. The van der Waals surface area contributed by atoms with Crippen LogP contribution in [-0.2, 0) is 26.2 Å². The number of benzene rings is 2. The summed E-state index contributed by atoms with van der Waals surface area (Å²) in [4.78, 5) is 28.3. The molecule has 2 aromatic carbocycles. The minimum atomic E-state index is -3.87. The topological polar surface area (TPSA) is 96.0 Å². The van der Waals surface area contributed by atoms with Crippen molar-refractivity contribution in [3.63, 3.8) is 0 Å². The number of nitrogens with zero attached hydrogens (tertiary/aromatic N) is 2. The molecule has 1 atom stereocenters. The van der Waals surface area contributed by atoms with Crippen molar-refractivity contribution in [1.29, 1.82) is 0 Å². The Morgan fingerprint density at radius 2 is 1.69 bits per heavy atom. The van der Waals surface area contributed by atoms with E-state index in [-0.39, 0.29) is 24.2 Å². The number of carbonyl (C=O) groups excluding carboxylic acids is 2. The van der Waals surface area contributed by atoms with E-state index in [1.807, 2.05) is 6.92 Å². The molecule has 10 heteroatoms. The minimum Gasteiger partial charge on any atom is -0.497 e. The molecule has 0 unspecified atom stereocenters. The predicted octanol–water partition coefficient (Wildman–Crippen LogP) is 3.47. The fourth-order valence-corrected chi connectivity index (χ4v) is 5.29. The number of amides is 2. The number of hydrogen-bond donors (Lipinski definition) is 1. The second kappa shape index (κ2) is 12.2. The van der Waals surface area contributed by atoms with E-state index >= 15 is 0 Å². The molecular formula is C26H34FN3O5S. The standard InChI is InChI=1S/C26H34FN3O5S/c1-4-24(26(32)28-21-7-5-6-8-21)29(17-19-9-15-23(35-2)16-10-19)25(31)18-30(36(3,33)34)22-13-11-20(27)12-14-22/h9-16,21,24H,4-8,17-18H2,1-3H3,(H,28,32)/t24-/m0/s1. The summed E-state index contributed by atoms with van der Waals surface area (Å²) in [5.41, 5.74) is 0.934. The van der Waals surface area contributed by atoms with Gasteiger partial charge in [-0.3, -0.25) is 13.9 Å². The lowest BCUT2D eigenvalue weighted by Gasteiger charge is -2.33. The van der Waals surface area contributed by atoms with Gasteiger partial charge in [0.05, 0.1) is 19.1 Å². The van der Waals surface area contributed by atoms with Gasteiger partial charge in [-0.2, -0.15) is 0 Å². The number of anilines is 1. The molecule has 3 rings (SSSR count). The zero-order valence-electron chi connectivity index (χ0n) is 20.9. The zero-order valence-corrected chi connectivity index (χ0v) is 21.8. The molecule has 1 aliphatic rings. The molecule has 1 saturated carbocycles. The van der Waals surface area contributed by atoms with Crippen LogP contribution >= 0.6 is 0 Å². The quantitative estimate of drug-likeness (QED) is 0.491. The van der Waals surface area contributed by atoms with Gasteiger partial charge in [-0.15, -0.1) is 0 Å². The van der Waals surface area contributed by atoms with Crippen LogP contribution in [0.25, 0.3) is 0 Å². The molecule has 36 heavy (non-hydrogen) atoms. The first-order valence-electron chi connectivity index (χ1n) is 12.1. The van der Waals surface area contributed by atoms with Crippen LogP contribution in [0.4, 0.5) is 10.1 Å². The average molecular weight is 520 g/mol. The second-order valence-electron chi connectivity index (χ2n) is 9.03. The third kappa shape index (κ3) is 7.19. The van der Waals surface area contributed by atoms with E-state index in [0.29, 0.717) is 12.2 Å². The van der Waals surface area contributed by atoms with E-state index < -0.39 is 34.3 Å². The number of sulfonamides is 1. The van der Waals surface area contributed by atoms with Crippen LogP contribution < -0.4 is 14.4 Å². The van der Waals surface area contributed by atoms with Crippen LogP contribution in [0.5, 0.6) is 5.75 Å². The Kier molecular flexibility index (Phi) is 9.31. The molecule has 1 N–H and O–H groups in total. The molecule has 0 saturated heterocycles. The first-order valence-corrected chi connectivity index (χ1v) is 13.9. The summed E-state index contributed by atoms with van der Waals surface area (Å²) in [5.74, 6) is -0.649. The first kappa shape index (κ1) is 27.4. The van der Waals surface area contributed by atoms with Crippen molar-refractivity contribution in [3.05, 3.63) is 59.9 Å². The molecule has 0 aliphatic heterocycles. The SMILES string of the molecule is CC[C@@H](C(=O)NC1CCCC1)N(Cc1ccc(OC)cc1)C(=O)CN(c1ccc(F)cc1)S(C)(=O)=O. The zero-order chi connectivity index (χ0) is 26.3. The Morgan fingerprint density at radius 1 is 1.08 bits per heavy atom. The molecule has 0 spiro atoms. The van der Waals surface area contributed by atoms with Crippen molar-refractivity contribution in [3.8, 4) is 5.75 Å². The molecule has 8 nitrogen and oxygen atoms in total. The van der Waals surface area contributed by atoms with Crippen molar-refractivity contribution < 1.29 is 27.1 Å². The molecule has 0 heterocycles. The summed E-state index contributed by atoms with van der Waals surface area (Å²) in [6.07, 6.45) is 5.26. The number of methoxy groups -OCH3 is 1. The lowest BCUT2D eigenvalue weighted by molar-refractivity contribution is -0.140. The number of nitrogens with one attached hydrogen (secondary N) is 1. The lowest BCUT2D eigenvalue weighted by Crippen LogP contribution is -2.53. The van der Waals surface area contributed by atoms with Gasteiger partial charge in [0, 0.05) is 12.6 Å². The highest BCUT2D eigenvalue weighted by Gasteiger charge is 2.33. The third-order valence-corrected chi connectivity index (χ3v) is 7.53. The van der Waals surface area contributed by atoms with Gasteiger partial charge >= 0.3 is 0 Å². The van der Waals surface area contributed by atoms with Crippen LogP contribution in [0.2, 0.25) is 0 Å². The molecule has 1 fully saturated rings. The number of rotatable bonds is 11. The van der Waals surface area contributed by atoms with Gasteiger partial charge in [0.25, 0.3) is 0 Å². The van der Waals surface area contributed by atoms with Crippen molar-refractivity contribution >= 4 is 27.5 Å². The van der Waals surface area contributed by atoms with Crippen LogP contribution in [0.15, 0.2) is 48.5 Å². The van der Waals surface area contributed by atoms with Crippen molar-refractivity contribution in [1.82, 2.24) is 10.2 Å². The Hall–Kier alpha value is -3.14. The Labute approximate surface area is 212 Å². The van der Waals surface area contributed by atoms with Gasteiger partial charge in [-0.25, -0.2) is 12.8 Å². The third-order valence-electron chi connectivity index (χ3n) is 6.39. The summed E-state index contributed by atoms with van der Waals surface area (Å²) in [6.45, 7) is 1.41. The number of ether oxygens (including phenoxy) is 1. The van der Waals surface area contributed by atoms with E-state index in [1.165, 1.54) is 17.0 Å². The monoisotopic (exact) mass is 519 g/mol. The average Bonchev–Trinajstić information content (AvgIpc) is 3.35. The van der Waals surface area contributed by atoms with Crippen molar-refractivity contribution in [2.75, 3.05) is 24.2 Å². The number of carbonyl (C=O) groups is 2. The minimum absolute atomic E-state index is 0.0798. The highest BCUT2D eigenvalue weighted by Crippen LogP contribution is 2.22. The van der Waals surface area contributed by atoms with E-state index in [4.69, 9.17) is 4.74 Å². The fourth-order valence-electron chi connectivity index (χ4n) is 4.44. The van der Waals surface area contributed by atoms with Crippen LogP contribution in [-0.4, -0.2) is 57.1 Å². The summed E-state index contributed by atoms with van der Waals surface area (Å²) in [5, 5.41) is 3.06. The van der Waals surface area contributed by atoms with Gasteiger partial charge in [-0.1, -0.05) is 31.9 Å². The predicted molar refractivity (Wildman–Crippen MR) is 137 cm³/mol. The largest absolute Gasteiger partial charge is 0.497 e. The normalized spacial score (nSPS) is 14.8. The molecule has 196 valence electrons. The van der Waals surface area contributed by atoms with Crippen LogP contribution in [0, 0.1) is 5.82 Å². The van der Waals surface area contributed by atoms with Crippen molar-refractivity contribution in [2.24, 2.45) is 0 Å². The molecule has 2 aromatic rings. The Balaban J connectivity index is 1.90. The van der Waals surface area contributed by atoms with Crippen LogP contribution in [0.3, 0.4) is 0 Å². The van der Waals surface area contributed by atoms with Crippen molar-refractivity contribution in [2.45, 2.75) is 57.7 Å². The maximum Gasteiger partial charge on any atom is 0.244 e. The lowest BCUT2D eigenvalue weighted by atomic mass is 10.1. The molecule has 0 bridgehead atoms. The van der Waals surface area contributed by atoms with Gasteiger partial charge in [0.15, 0.2) is 0 Å². The Bertz CT molecular complexity index is 1130. The van der Waals surface area contributed by atoms with E-state index in [2.05, 4.69) is 5.32 Å².